The molecule has 0 bridgehead atoms. The first kappa shape index (κ1) is 15.5. The fourth-order valence-corrected chi connectivity index (χ4v) is 4.39. The lowest BCUT2D eigenvalue weighted by molar-refractivity contribution is -0.118. The first-order valence-corrected chi connectivity index (χ1v) is 9.31. The van der Waals surface area contributed by atoms with Gasteiger partial charge in [-0.3, -0.25) is 4.79 Å². The van der Waals surface area contributed by atoms with Crippen LogP contribution >= 0.6 is 15.9 Å². The van der Waals surface area contributed by atoms with Crippen LogP contribution in [-0.4, -0.2) is 32.9 Å². The predicted octanol–water partition coefficient (Wildman–Crippen LogP) is 2.46. The molecule has 1 aromatic rings. The van der Waals surface area contributed by atoms with E-state index in [1.54, 1.807) is 18.9 Å². The minimum absolute atomic E-state index is 0.116. The van der Waals surface area contributed by atoms with Gasteiger partial charge in [-0.25, -0.2) is 8.42 Å². The summed E-state index contributed by atoms with van der Waals surface area (Å²) in [6, 6.07) is 5.78. The van der Waals surface area contributed by atoms with E-state index >= 15 is 0 Å². The van der Waals surface area contributed by atoms with Gasteiger partial charge in [0.1, 0.15) is 0 Å². The highest BCUT2D eigenvalue weighted by Gasteiger charge is 2.27. The molecule has 1 heterocycles. The van der Waals surface area contributed by atoms with Crippen molar-refractivity contribution in [3.63, 3.8) is 0 Å². The third-order valence-corrected chi connectivity index (χ3v) is 7.15. The molecule has 0 spiro atoms. The van der Waals surface area contributed by atoms with Crippen molar-refractivity contribution < 1.29 is 13.2 Å². The van der Waals surface area contributed by atoms with Crippen molar-refractivity contribution in [2.45, 2.75) is 29.8 Å². The van der Waals surface area contributed by atoms with E-state index in [-0.39, 0.29) is 10.7 Å². The third kappa shape index (κ3) is 2.91. The molecule has 0 fully saturated rings. The Hall–Kier alpha value is -0.880. The van der Waals surface area contributed by atoms with Gasteiger partial charge < -0.3 is 4.90 Å². The molecular formula is C14H18BrNO3S. The number of amides is 1. The highest BCUT2D eigenvalue weighted by Crippen LogP contribution is 2.35. The maximum atomic E-state index is 11.7. The van der Waals surface area contributed by atoms with E-state index in [1.165, 1.54) is 6.26 Å². The number of benzene rings is 1. The number of aryl methyl sites for hydroxylation is 1. The number of alkyl halides is 1. The van der Waals surface area contributed by atoms with Crippen LogP contribution in [0.15, 0.2) is 18.2 Å². The number of anilines is 1. The van der Waals surface area contributed by atoms with E-state index in [0.29, 0.717) is 12.8 Å². The number of hydrogen-bond acceptors (Lipinski definition) is 3. The van der Waals surface area contributed by atoms with Gasteiger partial charge in [0.25, 0.3) is 0 Å². The van der Waals surface area contributed by atoms with Crippen molar-refractivity contribution >= 4 is 37.4 Å². The van der Waals surface area contributed by atoms with Crippen LogP contribution in [0.3, 0.4) is 0 Å². The van der Waals surface area contributed by atoms with Crippen molar-refractivity contribution in [2.75, 3.05) is 18.2 Å². The second-order valence-corrected chi connectivity index (χ2v) is 8.67. The SMILES string of the molecule is CC(C(Br)c1ccc2c(c1)CCC(=O)N2C)S(C)(=O)=O. The Morgan fingerprint density at radius 1 is 1.30 bits per heavy atom. The summed E-state index contributed by atoms with van der Waals surface area (Å²) < 4.78 is 23.3. The minimum Gasteiger partial charge on any atom is -0.315 e. The molecule has 20 heavy (non-hydrogen) atoms. The standard InChI is InChI=1S/C14H18BrNO3S/c1-9(20(3,18)19)14(15)11-4-6-12-10(8-11)5-7-13(17)16(12)2/h4,6,8-9,14H,5,7H2,1-3H3. The van der Waals surface area contributed by atoms with Gasteiger partial charge >= 0.3 is 0 Å². The number of halogens is 1. The van der Waals surface area contributed by atoms with Crippen molar-refractivity contribution in [2.24, 2.45) is 0 Å². The summed E-state index contributed by atoms with van der Waals surface area (Å²) in [4.78, 5) is 13.1. The average molecular weight is 360 g/mol. The average Bonchev–Trinajstić information content (AvgIpc) is 2.40. The lowest BCUT2D eigenvalue weighted by Gasteiger charge is -2.27. The van der Waals surface area contributed by atoms with Crippen LogP contribution in [0.1, 0.15) is 29.3 Å². The molecule has 4 nitrogen and oxygen atoms in total. The van der Waals surface area contributed by atoms with Gasteiger partial charge in [0, 0.05) is 25.4 Å². The van der Waals surface area contributed by atoms with E-state index in [9.17, 15) is 13.2 Å². The summed E-state index contributed by atoms with van der Waals surface area (Å²) in [6.07, 6.45) is 2.46. The molecule has 1 amide bonds. The first-order chi connectivity index (χ1) is 9.21. The lowest BCUT2D eigenvalue weighted by Crippen LogP contribution is -2.31. The maximum absolute atomic E-state index is 11.7. The molecule has 0 N–H and O–H groups in total. The highest BCUT2D eigenvalue weighted by molar-refractivity contribution is 9.09. The quantitative estimate of drug-likeness (QED) is 0.779. The fourth-order valence-electron chi connectivity index (χ4n) is 2.34. The van der Waals surface area contributed by atoms with Gasteiger partial charge in [-0.2, -0.15) is 0 Å². The number of fused-ring (bicyclic) bond motifs is 1. The Kier molecular flexibility index (Phi) is 4.25. The zero-order chi connectivity index (χ0) is 15.1. The molecule has 0 radical (unpaired) electrons. The molecule has 0 aromatic heterocycles. The Morgan fingerprint density at radius 3 is 2.55 bits per heavy atom. The van der Waals surface area contributed by atoms with E-state index in [4.69, 9.17) is 0 Å². The van der Waals surface area contributed by atoms with E-state index < -0.39 is 15.1 Å². The summed E-state index contributed by atoms with van der Waals surface area (Å²) >= 11 is 3.48. The van der Waals surface area contributed by atoms with Crippen molar-refractivity contribution in [1.29, 1.82) is 0 Å². The van der Waals surface area contributed by atoms with Crippen LogP contribution in [-0.2, 0) is 21.1 Å². The molecule has 1 aromatic carbocycles. The number of carbonyl (C=O) groups is 1. The summed E-state index contributed by atoms with van der Waals surface area (Å²) in [5.41, 5.74) is 2.94. The monoisotopic (exact) mass is 359 g/mol. The molecule has 0 saturated carbocycles. The zero-order valence-electron chi connectivity index (χ0n) is 11.8. The number of hydrogen-bond donors (Lipinski definition) is 0. The summed E-state index contributed by atoms with van der Waals surface area (Å²) in [6.45, 7) is 1.70. The van der Waals surface area contributed by atoms with Gasteiger partial charge in [-0.05, 0) is 30.5 Å². The van der Waals surface area contributed by atoms with E-state index in [0.717, 1.165) is 16.8 Å². The summed E-state index contributed by atoms with van der Waals surface area (Å²) in [5.74, 6) is 0.116. The fraction of sp³-hybridized carbons (Fsp3) is 0.500. The number of carbonyl (C=O) groups excluding carboxylic acids is 1. The van der Waals surface area contributed by atoms with Gasteiger partial charge in [-0.15, -0.1) is 0 Å². The number of nitrogens with zero attached hydrogens (tertiary/aromatic N) is 1. The number of sulfone groups is 1. The predicted molar refractivity (Wildman–Crippen MR) is 84.1 cm³/mol. The largest absolute Gasteiger partial charge is 0.315 e. The molecule has 2 unspecified atom stereocenters. The normalized spacial score (nSPS) is 18.6. The summed E-state index contributed by atoms with van der Waals surface area (Å²) in [7, 11) is -1.33. The molecular weight excluding hydrogens is 342 g/mol. The maximum Gasteiger partial charge on any atom is 0.227 e. The van der Waals surface area contributed by atoms with Crippen LogP contribution < -0.4 is 4.90 Å². The van der Waals surface area contributed by atoms with Crippen LogP contribution in [0.5, 0.6) is 0 Å². The second-order valence-electron chi connectivity index (χ2n) is 5.28. The third-order valence-electron chi connectivity index (χ3n) is 3.85. The smallest absolute Gasteiger partial charge is 0.227 e. The van der Waals surface area contributed by atoms with Crippen molar-refractivity contribution in [3.05, 3.63) is 29.3 Å². The Balaban J connectivity index is 2.35. The Labute approximate surface area is 128 Å². The van der Waals surface area contributed by atoms with Crippen molar-refractivity contribution in [1.82, 2.24) is 0 Å². The van der Waals surface area contributed by atoms with Crippen LogP contribution in [0.4, 0.5) is 5.69 Å². The highest BCUT2D eigenvalue weighted by atomic mass is 79.9. The Bertz CT molecular complexity index is 642. The van der Waals surface area contributed by atoms with Crippen LogP contribution in [0.2, 0.25) is 0 Å². The van der Waals surface area contributed by atoms with E-state index in [2.05, 4.69) is 15.9 Å². The molecule has 2 atom stereocenters. The molecule has 2 rings (SSSR count). The lowest BCUT2D eigenvalue weighted by atomic mass is 9.97. The first-order valence-electron chi connectivity index (χ1n) is 6.44. The molecule has 110 valence electrons. The Morgan fingerprint density at radius 2 is 1.95 bits per heavy atom. The number of rotatable bonds is 3. The van der Waals surface area contributed by atoms with Gasteiger partial charge in [0.2, 0.25) is 5.91 Å². The van der Waals surface area contributed by atoms with E-state index in [1.807, 2.05) is 18.2 Å². The zero-order valence-corrected chi connectivity index (χ0v) is 14.2. The molecule has 6 heteroatoms. The van der Waals surface area contributed by atoms with Gasteiger partial charge in [0.15, 0.2) is 9.84 Å². The van der Waals surface area contributed by atoms with Crippen LogP contribution in [0, 0.1) is 0 Å². The van der Waals surface area contributed by atoms with Gasteiger partial charge in [0.05, 0.1) is 10.1 Å². The minimum atomic E-state index is -3.10. The molecule has 0 aliphatic carbocycles. The second kappa shape index (κ2) is 5.48. The molecule has 0 saturated heterocycles. The molecule has 1 aliphatic heterocycles. The summed E-state index contributed by atoms with van der Waals surface area (Å²) in [5, 5.41) is -0.497. The van der Waals surface area contributed by atoms with Gasteiger partial charge in [-0.1, -0.05) is 28.1 Å². The topological polar surface area (TPSA) is 54.5 Å². The van der Waals surface area contributed by atoms with Crippen LogP contribution in [0.25, 0.3) is 0 Å². The molecule has 1 aliphatic rings. The van der Waals surface area contributed by atoms with Crippen molar-refractivity contribution in [3.8, 4) is 0 Å².